The Balaban J connectivity index is 1.75. The monoisotopic (exact) mass is 338 g/mol. The van der Waals surface area contributed by atoms with E-state index in [9.17, 15) is 0 Å². The van der Waals surface area contributed by atoms with Gasteiger partial charge < -0.3 is 0 Å². The van der Waals surface area contributed by atoms with Crippen molar-refractivity contribution in [2.24, 2.45) is 5.10 Å². The zero-order valence-corrected chi connectivity index (χ0v) is 14.5. The number of hydrazone groups is 1. The van der Waals surface area contributed by atoms with Crippen LogP contribution in [-0.4, -0.2) is 16.0 Å². The van der Waals surface area contributed by atoms with Crippen molar-refractivity contribution in [3.8, 4) is 0 Å². The molecule has 1 heterocycles. The maximum absolute atomic E-state index is 6.47. The fourth-order valence-corrected chi connectivity index (χ4v) is 2.74. The smallest absolute Gasteiger partial charge is 0.136 e. The molecule has 0 radical (unpaired) electrons. The zero-order valence-electron chi connectivity index (χ0n) is 13.7. The summed E-state index contributed by atoms with van der Waals surface area (Å²) in [4.78, 5) is 0. The molecule has 5 heteroatoms. The fourth-order valence-electron chi connectivity index (χ4n) is 2.46. The molecule has 122 valence electrons. The molecule has 3 rings (SSSR count). The number of anilines is 1. The first-order valence-electron chi connectivity index (χ1n) is 7.76. The van der Waals surface area contributed by atoms with E-state index in [0.717, 1.165) is 22.5 Å². The lowest BCUT2D eigenvalue weighted by molar-refractivity contribution is 0.680. The molecular weight excluding hydrogens is 320 g/mol. The van der Waals surface area contributed by atoms with Crippen molar-refractivity contribution in [2.45, 2.75) is 20.4 Å². The molecule has 0 atom stereocenters. The van der Waals surface area contributed by atoms with E-state index in [0.29, 0.717) is 11.7 Å². The molecule has 3 aromatic rings. The van der Waals surface area contributed by atoms with Crippen molar-refractivity contribution in [3.05, 3.63) is 82.1 Å². The van der Waals surface area contributed by atoms with Gasteiger partial charge in [0, 0.05) is 0 Å². The van der Waals surface area contributed by atoms with E-state index in [1.165, 1.54) is 5.56 Å². The Kier molecular flexibility index (Phi) is 4.96. The Labute approximate surface area is 146 Å². The van der Waals surface area contributed by atoms with E-state index in [1.54, 1.807) is 10.9 Å². The molecule has 4 nitrogen and oxygen atoms in total. The summed E-state index contributed by atoms with van der Waals surface area (Å²) < 4.78 is 1.79. The number of nitrogens with one attached hydrogen (secondary N) is 1. The van der Waals surface area contributed by atoms with E-state index in [-0.39, 0.29) is 0 Å². The van der Waals surface area contributed by atoms with Gasteiger partial charge in [0.2, 0.25) is 0 Å². The van der Waals surface area contributed by atoms with Crippen LogP contribution in [0.25, 0.3) is 0 Å². The lowest BCUT2D eigenvalue weighted by Crippen LogP contribution is -2.01. The van der Waals surface area contributed by atoms with E-state index >= 15 is 0 Å². The number of aromatic nitrogens is 2. The summed E-state index contributed by atoms with van der Waals surface area (Å²) in [6.07, 6.45) is 1.72. The molecule has 0 unspecified atom stereocenters. The molecule has 0 aliphatic heterocycles. The molecule has 0 fully saturated rings. The molecule has 0 aliphatic carbocycles. The van der Waals surface area contributed by atoms with Gasteiger partial charge in [0.1, 0.15) is 5.15 Å². The van der Waals surface area contributed by atoms with Gasteiger partial charge in [-0.15, -0.1) is 0 Å². The van der Waals surface area contributed by atoms with Gasteiger partial charge in [-0.3, -0.25) is 5.43 Å². The predicted octanol–water partition coefficient (Wildman–Crippen LogP) is 4.65. The van der Waals surface area contributed by atoms with Crippen LogP contribution in [-0.2, 0) is 6.54 Å². The molecule has 0 spiro atoms. The van der Waals surface area contributed by atoms with Gasteiger partial charge in [-0.25, -0.2) is 4.68 Å². The highest BCUT2D eigenvalue weighted by atomic mass is 35.5. The molecule has 2 aromatic carbocycles. The molecular formula is C19H19ClN4. The molecule has 0 aliphatic rings. The Morgan fingerprint density at radius 1 is 1.12 bits per heavy atom. The fraction of sp³-hybridized carbons (Fsp3) is 0.158. The summed E-state index contributed by atoms with van der Waals surface area (Å²) in [5.74, 6) is 0. The summed E-state index contributed by atoms with van der Waals surface area (Å²) in [6.45, 7) is 4.62. The van der Waals surface area contributed by atoms with Crippen molar-refractivity contribution < 1.29 is 0 Å². The molecule has 1 N–H and O–H groups in total. The first kappa shape index (κ1) is 16.3. The summed E-state index contributed by atoms with van der Waals surface area (Å²) in [6, 6.07) is 18.2. The summed E-state index contributed by atoms with van der Waals surface area (Å²) in [5.41, 5.74) is 7.98. The largest absolute Gasteiger partial charge is 0.278 e. The van der Waals surface area contributed by atoms with Crippen LogP contribution in [0, 0.1) is 13.8 Å². The second-order valence-electron chi connectivity index (χ2n) is 5.67. The minimum atomic E-state index is 0.589. The number of rotatable bonds is 5. The lowest BCUT2D eigenvalue weighted by Gasteiger charge is -2.03. The standard InChI is InChI=1S/C19H19ClN4/c1-14-7-6-10-17(11-14)22-21-12-18-15(2)23-24(19(18)20)13-16-8-4-3-5-9-16/h3-12,22H,13H2,1-2H3/b21-12-. The summed E-state index contributed by atoms with van der Waals surface area (Å²) >= 11 is 6.47. The van der Waals surface area contributed by atoms with Crippen LogP contribution < -0.4 is 5.43 Å². The topological polar surface area (TPSA) is 42.2 Å². The summed E-state index contributed by atoms with van der Waals surface area (Å²) in [7, 11) is 0. The van der Waals surface area contributed by atoms with Crippen LogP contribution in [0.5, 0.6) is 0 Å². The minimum Gasteiger partial charge on any atom is -0.278 e. The predicted molar refractivity (Wildman–Crippen MR) is 99.9 cm³/mol. The number of halogens is 1. The van der Waals surface area contributed by atoms with E-state index in [1.807, 2.05) is 56.3 Å². The highest BCUT2D eigenvalue weighted by Gasteiger charge is 2.11. The maximum atomic E-state index is 6.47. The second kappa shape index (κ2) is 7.32. The van der Waals surface area contributed by atoms with E-state index in [2.05, 4.69) is 27.8 Å². The third-order valence-electron chi connectivity index (χ3n) is 3.69. The zero-order chi connectivity index (χ0) is 16.9. The van der Waals surface area contributed by atoms with Gasteiger partial charge in [-0.05, 0) is 37.1 Å². The highest BCUT2D eigenvalue weighted by molar-refractivity contribution is 6.32. The normalized spacial score (nSPS) is 11.1. The average Bonchev–Trinajstić information content (AvgIpc) is 2.83. The van der Waals surface area contributed by atoms with Crippen molar-refractivity contribution in [2.75, 3.05) is 5.43 Å². The SMILES string of the molecule is Cc1cccc(N/N=C\c2c(C)nn(Cc3ccccc3)c2Cl)c1. The Morgan fingerprint density at radius 2 is 1.92 bits per heavy atom. The van der Waals surface area contributed by atoms with E-state index < -0.39 is 0 Å². The number of hydrogen-bond acceptors (Lipinski definition) is 3. The van der Waals surface area contributed by atoms with Crippen molar-refractivity contribution in [1.82, 2.24) is 9.78 Å². The van der Waals surface area contributed by atoms with Crippen LogP contribution in [0.3, 0.4) is 0 Å². The Hall–Kier alpha value is -2.59. The van der Waals surface area contributed by atoms with Gasteiger partial charge in [-0.1, -0.05) is 54.1 Å². The third kappa shape index (κ3) is 3.84. The van der Waals surface area contributed by atoms with Crippen LogP contribution in [0.15, 0.2) is 59.7 Å². The maximum Gasteiger partial charge on any atom is 0.136 e. The van der Waals surface area contributed by atoms with Gasteiger partial charge in [0.15, 0.2) is 0 Å². The van der Waals surface area contributed by atoms with Crippen molar-refractivity contribution >= 4 is 23.5 Å². The van der Waals surface area contributed by atoms with Gasteiger partial charge in [0.25, 0.3) is 0 Å². The number of benzene rings is 2. The molecule has 0 bridgehead atoms. The van der Waals surface area contributed by atoms with Gasteiger partial charge in [0.05, 0.1) is 29.7 Å². The van der Waals surface area contributed by atoms with Crippen LogP contribution in [0.1, 0.15) is 22.4 Å². The van der Waals surface area contributed by atoms with E-state index in [4.69, 9.17) is 11.6 Å². The lowest BCUT2D eigenvalue weighted by atomic mass is 10.2. The minimum absolute atomic E-state index is 0.589. The molecule has 24 heavy (non-hydrogen) atoms. The molecule has 0 saturated heterocycles. The number of nitrogens with zero attached hydrogens (tertiary/aromatic N) is 3. The Bertz CT molecular complexity index is 853. The first-order valence-corrected chi connectivity index (χ1v) is 8.14. The number of hydrogen-bond donors (Lipinski definition) is 1. The van der Waals surface area contributed by atoms with Crippen molar-refractivity contribution in [1.29, 1.82) is 0 Å². The van der Waals surface area contributed by atoms with Gasteiger partial charge in [-0.2, -0.15) is 10.2 Å². The van der Waals surface area contributed by atoms with Crippen molar-refractivity contribution in [3.63, 3.8) is 0 Å². The second-order valence-corrected chi connectivity index (χ2v) is 6.03. The Morgan fingerprint density at radius 3 is 2.67 bits per heavy atom. The number of aryl methyl sites for hydroxylation is 2. The molecule has 1 aromatic heterocycles. The molecule has 0 saturated carbocycles. The van der Waals surface area contributed by atoms with Crippen LogP contribution >= 0.6 is 11.6 Å². The highest BCUT2D eigenvalue weighted by Crippen LogP contribution is 2.19. The van der Waals surface area contributed by atoms with Crippen LogP contribution in [0.2, 0.25) is 5.15 Å². The van der Waals surface area contributed by atoms with Gasteiger partial charge >= 0.3 is 0 Å². The quantitative estimate of drug-likeness (QED) is 0.543. The average molecular weight is 339 g/mol. The third-order valence-corrected chi connectivity index (χ3v) is 4.09. The first-order chi connectivity index (χ1) is 11.6. The van der Waals surface area contributed by atoms with Crippen LogP contribution in [0.4, 0.5) is 5.69 Å². The summed E-state index contributed by atoms with van der Waals surface area (Å²) in [5, 5.41) is 9.38. The molecule has 0 amide bonds.